The summed E-state index contributed by atoms with van der Waals surface area (Å²) in [5, 5.41) is 12.2. The fourth-order valence-corrected chi connectivity index (χ4v) is 0.823. The maximum absolute atomic E-state index is 9.13. The smallest absolute Gasteiger partial charge is 0.332 e. The van der Waals surface area contributed by atoms with Crippen LogP contribution in [0.1, 0.15) is 26.2 Å². The maximum Gasteiger partial charge on any atom is 0.332 e. The van der Waals surface area contributed by atoms with Crippen LogP contribution < -0.4 is 10.3 Å². The first-order valence-electron chi connectivity index (χ1n) is 4.24. The molecule has 0 aromatic heterocycles. The highest BCUT2D eigenvalue weighted by molar-refractivity contribution is 5.67. The summed E-state index contributed by atoms with van der Waals surface area (Å²) in [6.07, 6.45) is 2.80. The number of aliphatic hydroxyl groups is 1. The van der Waals surface area contributed by atoms with E-state index in [4.69, 9.17) is 5.11 Å². The Bertz CT molecular complexity index is 113. The van der Waals surface area contributed by atoms with E-state index in [1.165, 1.54) is 0 Å². The van der Waals surface area contributed by atoms with Crippen LogP contribution in [0.4, 0.5) is 0 Å². The van der Waals surface area contributed by atoms with Gasteiger partial charge in [-0.2, -0.15) is 0 Å². The third kappa shape index (κ3) is 7.33. The zero-order valence-corrected chi connectivity index (χ0v) is 7.48. The molecule has 0 bridgehead atoms. The molecule has 0 aromatic rings. The summed E-state index contributed by atoms with van der Waals surface area (Å²) in [7, 11) is 1.93. The van der Waals surface area contributed by atoms with Crippen LogP contribution in [-0.2, 0) is 0 Å². The molecule has 0 rings (SSSR count). The molecule has 0 atom stereocenters. The first-order chi connectivity index (χ1) is 5.31. The van der Waals surface area contributed by atoms with Gasteiger partial charge in [-0.1, -0.05) is 6.92 Å². The zero-order valence-electron chi connectivity index (χ0n) is 7.48. The molecule has 66 valence electrons. The fourth-order valence-electron chi connectivity index (χ4n) is 0.823. The van der Waals surface area contributed by atoms with E-state index in [0.29, 0.717) is 5.90 Å². The van der Waals surface area contributed by atoms with E-state index < -0.39 is 0 Å². The third-order valence-electron chi connectivity index (χ3n) is 1.42. The van der Waals surface area contributed by atoms with Crippen LogP contribution in [0.25, 0.3) is 0 Å². The molecule has 3 N–H and O–H groups in total. The average molecular weight is 159 g/mol. The van der Waals surface area contributed by atoms with Crippen molar-refractivity contribution in [2.24, 2.45) is 0 Å². The van der Waals surface area contributed by atoms with Gasteiger partial charge < -0.3 is 10.4 Å². The predicted octanol–water partition coefficient (Wildman–Crippen LogP) is -0.567. The van der Waals surface area contributed by atoms with Gasteiger partial charge in [-0.3, -0.25) is 0 Å². The van der Waals surface area contributed by atoms with Gasteiger partial charge in [0.15, 0.2) is 0 Å². The van der Waals surface area contributed by atoms with Crippen LogP contribution in [0, 0.1) is 0 Å². The number of hydrogen-bond acceptors (Lipinski definition) is 1. The molecule has 0 aliphatic rings. The van der Waals surface area contributed by atoms with Crippen molar-refractivity contribution in [3.05, 3.63) is 0 Å². The number of aliphatic hydroxyl groups excluding tert-OH is 1. The van der Waals surface area contributed by atoms with Crippen LogP contribution in [-0.4, -0.2) is 31.1 Å². The topological polar surface area (TPSA) is 46.2 Å². The molecule has 0 heterocycles. The minimum atomic E-state index is 0.420. The van der Waals surface area contributed by atoms with Gasteiger partial charge in [0.2, 0.25) is 0 Å². The van der Waals surface area contributed by atoms with Gasteiger partial charge in [0.05, 0.1) is 6.42 Å². The van der Waals surface area contributed by atoms with Crippen molar-refractivity contribution < 1.29 is 10.1 Å². The molecule has 11 heavy (non-hydrogen) atoms. The molecular weight excluding hydrogens is 140 g/mol. The van der Waals surface area contributed by atoms with Gasteiger partial charge in [-0.25, -0.2) is 4.99 Å². The Kier molecular flexibility index (Phi) is 7.15. The van der Waals surface area contributed by atoms with Gasteiger partial charge in [0.25, 0.3) is 0 Å². The summed E-state index contributed by atoms with van der Waals surface area (Å²) in [4.78, 5) is 2.95. The molecule has 0 aliphatic heterocycles. The highest BCUT2D eigenvalue weighted by atomic mass is 16.3. The third-order valence-corrected chi connectivity index (χ3v) is 1.42. The number of rotatable bonds is 6. The lowest BCUT2D eigenvalue weighted by Crippen LogP contribution is -2.73. The zero-order chi connectivity index (χ0) is 8.53. The van der Waals surface area contributed by atoms with Crippen LogP contribution in [0.2, 0.25) is 0 Å². The normalized spacial score (nSPS) is 12.0. The largest absolute Gasteiger partial charge is 0.464 e. The van der Waals surface area contributed by atoms with Crippen LogP contribution in [0.15, 0.2) is 0 Å². The highest BCUT2D eigenvalue weighted by Gasteiger charge is 1.97. The summed E-state index contributed by atoms with van der Waals surface area (Å²) in [5.41, 5.74) is 0. The lowest BCUT2D eigenvalue weighted by molar-refractivity contribution is -0.468. The van der Waals surface area contributed by atoms with E-state index in [1.807, 2.05) is 14.0 Å². The van der Waals surface area contributed by atoms with Gasteiger partial charge in [-0.15, -0.1) is 0 Å². The first-order valence-corrected chi connectivity index (χ1v) is 4.24. The summed E-state index contributed by atoms with van der Waals surface area (Å²) in [6.45, 7) is 3.89. The second-order valence-corrected chi connectivity index (χ2v) is 2.58. The van der Waals surface area contributed by atoms with E-state index in [2.05, 4.69) is 10.3 Å². The van der Waals surface area contributed by atoms with E-state index >= 15 is 0 Å². The number of nitrogens with one attached hydrogen (secondary N) is 2. The highest BCUT2D eigenvalue weighted by Crippen LogP contribution is 1.80. The molecule has 0 radical (unpaired) electrons. The maximum atomic E-state index is 9.13. The Balaban J connectivity index is 3.24. The molecule has 0 unspecified atom stereocenters. The van der Waals surface area contributed by atoms with Gasteiger partial charge in [0, 0.05) is 13.0 Å². The molecule has 3 heteroatoms. The van der Waals surface area contributed by atoms with Gasteiger partial charge >= 0.3 is 5.90 Å². The van der Waals surface area contributed by atoms with Crippen LogP contribution in [0.3, 0.4) is 0 Å². The standard InChI is InChI=1S/C8H18N2O/c1-3-5-8(11)10-7-4-6-9-2/h9H,3-7H2,1-2H3,(H,10,11)/p+1. The predicted molar refractivity (Wildman–Crippen MR) is 46.9 cm³/mol. The molecule has 0 fully saturated rings. The summed E-state index contributed by atoms with van der Waals surface area (Å²) in [5.74, 6) is 0.420. The first kappa shape index (κ1) is 10.4. The lowest BCUT2D eigenvalue weighted by atomic mass is 10.3. The van der Waals surface area contributed by atoms with Crippen molar-refractivity contribution in [3.63, 3.8) is 0 Å². The Morgan fingerprint density at radius 2 is 2.27 bits per heavy atom. The van der Waals surface area contributed by atoms with E-state index in [9.17, 15) is 0 Å². The van der Waals surface area contributed by atoms with Crippen LogP contribution in [0.5, 0.6) is 0 Å². The average Bonchev–Trinajstić information content (AvgIpc) is 1.99. The van der Waals surface area contributed by atoms with E-state index in [0.717, 1.165) is 32.4 Å². The molecule has 0 aliphatic carbocycles. The van der Waals surface area contributed by atoms with Gasteiger partial charge in [0.1, 0.15) is 6.54 Å². The van der Waals surface area contributed by atoms with Crippen molar-refractivity contribution in [2.75, 3.05) is 20.1 Å². The second-order valence-electron chi connectivity index (χ2n) is 2.58. The molecular formula is C8H19N2O+. The Morgan fingerprint density at radius 1 is 1.55 bits per heavy atom. The molecule has 0 saturated heterocycles. The van der Waals surface area contributed by atoms with E-state index in [1.54, 1.807) is 0 Å². The van der Waals surface area contributed by atoms with Gasteiger partial charge in [-0.05, 0) is 13.5 Å². The second kappa shape index (κ2) is 7.54. The summed E-state index contributed by atoms with van der Waals surface area (Å²) < 4.78 is 0. The summed E-state index contributed by atoms with van der Waals surface area (Å²) >= 11 is 0. The Labute approximate surface area is 68.5 Å². The van der Waals surface area contributed by atoms with Crippen molar-refractivity contribution in [2.45, 2.75) is 26.2 Å². The molecule has 0 amide bonds. The van der Waals surface area contributed by atoms with Crippen molar-refractivity contribution in [3.8, 4) is 0 Å². The monoisotopic (exact) mass is 159 g/mol. The van der Waals surface area contributed by atoms with Crippen LogP contribution >= 0.6 is 0 Å². The minimum Gasteiger partial charge on any atom is -0.464 e. The molecule has 0 saturated carbocycles. The fraction of sp³-hybridized carbons (Fsp3) is 0.875. The quantitative estimate of drug-likeness (QED) is 0.276. The van der Waals surface area contributed by atoms with Crippen molar-refractivity contribution in [1.82, 2.24) is 5.32 Å². The minimum absolute atomic E-state index is 0.420. The van der Waals surface area contributed by atoms with Crippen molar-refractivity contribution in [1.29, 1.82) is 0 Å². The number of hydrogen-bond donors (Lipinski definition) is 3. The van der Waals surface area contributed by atoms with E-state index in [-0.39, 0.29) is 0 Å². The summed E-state index contributed by atoms with van der Waals surface area (Å²) in [6, 6.07) is 0. The Morgan fingerprint density at radius 3 is 2.82 bits per heavy atom. The molecule has 3 nitrogen and oxygen atoms in total. The Hall–Kier alpha value is -0.570. The SMILES string of the molecule is CCCC(O)=[NH+]CCCNC. The molecule has 0 aromatic carbocycles. The molecule has 0 spiro atoms. The lowest BCUT2D eigenvalue weighted by Gasteiger charge is -1.91. The van der Waals surface area contributed by atoms with Crippen molar-refractivity contribution >= 4 is 5.90 Å².